The molecule has 0 bridgehead atoms. The van der Waals surface area contributed by atoms with E-state index in [0.29, 0.717) is 0 Å². The largest absolute Gasteiger partial charge is 0.0843 e. The SMILES string of the molecule is Clc1ccc(-c2ccc3c(c2-c2cccc4c2Cc2ccccc2-4)Cc2ccccc2-3)cc1. The Morgan fingerprint density at radius 2 is 0.970 bits per heavy atom. The first-order valence-corrected chi connectivity index (χ1v) is 11.9. The lowest BCUT2D eigenvalue weighted by Gasteiger charge is -2.19. The summed E-state index contributed by atoms with van der Waals surface area (Å²) < 4.78 is 0. The van der Waals surface area contributed by atoms with Gasteiger partial charge >= 0.3 is 0 Å². The first kappa shape index (κ1) is 18.9. The molecule has 0 aliphatic heterocycles. The molecule has 7 rings (SSSR count). The molecule has 2 aliphatic rings. The lowest BCUT2D eigenvalue weighted by molar-refractivity contribution is 1.24. The highest BCUT2D eigenvalue weighted by Crippen LogP contribution is 2.49. The minimum absolute atomic E-state index is 0.768. The Bertz CT molecular complexity index is 1560. The molecule has 0 saturated carbocycles. The van der Waals surface area contributed by atoms with Crippen molar-refractivity contribution in [3.05, 3.63) is 130 Å². The fraction of sp³-hybridized carbons (Fsp3) is 0.0625. The number of halogens is 1. The van der Waals surface area contributed by atoms with Crippen molar-refractivity contribution >= 4 is 11.6 Å². The zero-order chi connectivity index (χ0) is 21.9. The van der Waals surface area contributed by atoms with Crippen molar-refractivity contribution in [1.82, 2.24) is 0 Å². The highest BCUT2D eigenvalue weighted by atomic mass is 35.5. The second-order valence-corrected chi connectivity index (χ2v) is 9.46. The van der Waals surface area contributed by atoms with Gasteiger partial charge in [-0.25, -0.2) is 0 Å². The molecule has 0 heterocycles. The second-order valence-electron chi connectivity index (χ2n) is 9.02. The van der Waals surface area contributed by atoms with Gasteiger partial charge in [-0.2, -0.15) is 0 Å². The molecule has 0 atom stereocenters. The third kappa shape index (κ3) is 2.84. The van der Waals surface area contributed by atoms with E-state index in [0.717, 1.165) is 17.9 Å². The van der Waals surface area contributed by atoms with Gasteiger partial charge in [-0.1, -0.05) is 103 Å². The topological polar surface area (TPSA) is 0 Å². The van der Waals surface area contributed by atoms with E-state index in [1.165, 1.54) is 66.8 Å². The summed E-state index contributed by atoms with van der Waals surface area (Å²) in [5.41, 5.74) is 16.4. The quantitative estimate of drug-likeness (QED) is 0.252. The molecule has 5 aromatic rings. The van der Waals surface area contributed by atoms with Gasteiger partial charge in [0.2, 0.25) is 0 Å². The van der Waals surface area contributed by atoms with Crippen LogP contribution in [0.2, 0.25) is 5.02 Å². The normalized spacial score (nSPS) is 12.8. The van der Waals surface area contributed by atoms with Gasteiger partial charge in [-0.15, -0.1) is 0 Å². The van der Waals surface area contributed by atoms with E-state index < -0.39 is 0 Å². The molecule has 0 spiro atoms. The highest BCUT2D eigenvalue weighted by molar-refractivity contribution is 6.30. The minimum atomic E-state index is 0.768. The molecule has 0 N–H and O–H groups in total. The summed E-state index contributed by atoms with van der Waals surface area (Å²) in [4.78, 5) is 0. The van der Waals surface area contributed by atoms with Crippen molar-refractivity contribution in [2.75, 3.05) is 0 Å². The van der Waals surface area contributed by atoms with Crippen molar-refractivity contribution in [1.29, 1.82) is 0 Å². The summed E-state index contributed by atoms with van der Waals surface area (Å²) >= 11 is 6.24. The smallest absolute Gasteiger partial charge is 0.0406 e. The van der Waals surface area contributed by atoms with E-state index in [2.05, 4.69) is 91.0 Å². The standard InChI is InChI=1S/C32H21Cl/c33-23-14-12-20(13-15-23)26-16-17-28-25-9-4-2-7-22(25)19-31(28)32(26)29-11-5-10-27-24-8-3-1-6-21(24)18-30(27)29/h1-17H,18-19H2. The molecule has 0 nitrogen and oxygen atoms in total. The lowest BCUT2D eigenvalue weighted by atomic mass is 9.85. The van der Waals surface area contributed by atoms with Crippen LogP contribution in [-0.2, 0) is 12.8 Å². The van der Waals surface area contributed by atoms with E-state index in [9.17, 15) is 0 Å². The Morgan fingerprint density at radius 1 is 0.424 bits per heavy atom. The first-order chi connectivity index (χ1) is 16.3. The van der Waals surface area contributed by atoms with Crippen LogP contribution in [-0.4, -0.2) is 0 Å². The molecule has 0 fully saturated rings. The molecule has 156 valence electrons. The van der Waals surface area contributed by atoms with Crippen molar-refractivity contribution in [2.45, 2.75) is 12.8 Å². The average molecular weight is 441 g/mol. The number of rotatable bonds is 2. The van der Waals surface area contributed by atoms with E-state index in [4.69, 9.17) is 11.6 Å². The fourth-order valence-corrected chi connectivity index (χ4v) is 5.91. The van der Waals surface area contributed by atoms with Crippen LogP contribution in [0.3, 0.4) is 0 Å². The van der Waals surface area contributed by atoms with Crippen LogP contribution in [0.25, 0.3) is 44.5 Å². The number of hydrogen-bond acceptors (Lipinski definition) is 0. The molecular formula is C32H21Cl. The monoisotopic (exact) mass is 440 g/mol. The van der Waals surface area contributed by atoms with Crippen molar-refractivity contribution in [2.24, 2.45) is 0 Å². The zero-order valence-electron chi connectivity index (χ0n) is 18.1. The molecule has 0 amide bonds. The minimum Gasteiger partial charge on any atom is -0.0843 e. The highest BCUT2D eigenvalue weighted by Gasteiger charge is 2.28. The summed E-state index contributed by atoms with van der Waals surface area (Å²) in [6, 6.07) is 37.4. The third-order valence-electron chi connectivity index (χ3n) is 7.26. The van der Waals surface area contributed by atoms with Crippen LogP contribution in [0.1, 0.15) is 22.3 Å². The lowest BCUT2D eigenvalue weighted by Crippen LogP contribution is -1.96. The Morgan fingerprint density at radius 3 is 1.70 bits per heavy atom. The Kier molecular flexibility index (Phi) is 4.13. The molecule has 33 heavy (non-hydrogen) atoms. The number of hydrogen-bond donors (Lipinski definition) is 0. The Labute approximate surface area is 199 Å². The molecule has 0 unspecified atom stereocenters. The van der Waals surface area contributed by atoms with E-state index in [1.54, 1.807) is 0 Å². The van der Waals surface area contributed by atoms with Crippen LogP contribution in [0, 0.1) is 0 Å². The van der Waals surface area contributed by atoms with Crippen LogP contribution < -0.4 is 0 Å². The van der Waals surface area contributed by atoms with Gasteiger partial charge in [0.15, 0.2) is 0 Å². The Balaban J connectivity index is 1.53. The predicted molar refractivity (Wildman–Crippen MR) is 139 cm³/mol. The van der Waals surface area contributed by atoms with Gasteiger partial charge in [0.1, 0.15) is 0 Å². The van der Waals surface area contributed by atoms with Gasteiger partial charge in [0.05, 0.1) is 0 Å². The molecule has 0 aromatic heterocycles. The average Bonchev–Trinajstić information content (AvgIpc) is 3.42. The molecule has 1 heteroatoms. The summed E-state index contributed by atoms with van der Waals surface area (Å²) in [6.07, 6.45) is 1.96. The van der Waals surface area contributed by atoms with Gasteiger partial charge < -0.3 is 0 Å². The van der Waals surface area contributed by atoms with Crippen LogP contribution in [0.15, 0.2) is 103 Å². The molecule has 5 aromatic carbocycles. The maximum atomic E-state index is 6.24. The molecular weight excluding hydrogens is 420 g/mol. The van der Waals surface area contributed by atoms with Gasteiger partial charge in [0, 0.05) is 5.02 Å². The van der Waals surface area contributed by atoms with Crippen molar-refractivity contribution < 1.29 is 0 Å². The number of benzene rings is 5. The zero-order valence-corrected chi connectivity index (χ0v) is 18.9. The second kappa shape index (κ2) is 7.20. The summed E-state index contributed by atoms with van der Waals surface area (Å²) in [7, 11) is 0. The fourth-order valence-electron chi connectivity index (χ4n) is 5.78. The molecule has 0 saturated heterocycles. The van der Waals surface area contributed by atoms with E-state index >= 15 is 0 Å². The van der Waals surface area contributed by atoms with Crippen LogP contribution in [0.4, 0.5) is 0 Å². The Hall–Kier alpha value is -3.61. The molecule has 2 aliphatic carbocycles. The summed E-state index contributed by atoms with van der Waals surface area (Å²) in [6.45, 7) is 0. The van der Waals surface area contributed by atoms with Gasteiger partial charge in [-0.05, 0) is 91.7 Å². The third-order valence-corrected chi connectivity index (χ3v) is 7.51. The van der Waals surface area contributed by atoms with E-state index in [-0.39, 0.29) is 0 Å². The van der Waals surface area contributed by atoms with Gasteiger partial charge in [-0.3, -0.25) is 0 Å². The van der Waals surface area contributed by atoms with Crippen LogP contribution >= 0.6 is 11.6 Å². The summed E-state index contributed by atoms with van der Waals surface area (Å²) in [5, 5.41) is 0.768. The van der Waals surface area contributed by atoms with Crippen molar-refractivity contribution in [3.8, 4) is 44.5 Å². The number of fused-ring (bicyclic) bond motifs is 6. The molecule has 0 radical (unpaired) electrons. The van der Waals surface area contributed by atoms with Crippen LogP contribution in [0.5, 0.6) is 0 Å². The maximum Gasteiger partial charge on any atom is 0.0406 e. The van der Waals surface area contributed by atoms with Gasteiger partial charge in [0.25, 0.3) is 0 Å². The van der Waals surface area contributed by atoms with Crippen molar-refractivity contribution in [3.63, 3.8) is 0 Å². The predicted octanol–water partition coefficient (Wildman–Crippen LogP) is 8.82. The summed E-state index contributed by atoms with van der Waals surface area (Å²) in [5.74, 6) is 0. The first-order valence-electron chi connectivity index (χ1n) is 11.5. The van der Waals surface area contributed by atoms with E-state index in [1.807, 2.05) is 12.1 Å². The maximum absolute atomic E-state index is 6.24.